The number of rotatable bonds is 7. The molecule has 1 amide bonds. The molecule has 0 spiro atoms. The monoisotopic (exact) mass is 364 g/mol. The Labute approximate surface area is 139 Å². The number of amides is 1. The van der Waals surface area contributed by atoms with Crippen LogP contribution in [0.3, 0.4) is 0 Å². The predicted molar refractivity (Wildman–Crippen MR) is 76.6 cm³/mol. The predicted octanol–water partition coefficient (Wildman–Crippen LogP) is 1.95. The molecule has 11 heteroatoms. The second-order valence-corrected chi connectivity index (χ2v) is 4.77. The summed E-state index contributed by atoms with van der Waals surface area (Å²) in [7, 11) is 0. The van der Waals surface area contributed by atoms with Gasteiger partial charge in [0.15, 0.2) is 0 Å². The van der Waals surface area contributed by atoms with Crippen LogP contribution in [0.1, 0.15) is 36.2 Å². The molecule has 0 bridgehead atoms. The number of nitrogens with two attached hydrogens (primary N) is 1. The van der Waals surface area contributed by atoms with Crippen LogP contribution in [-0.4, -0.2) is 23.9 Å². The third-order valence-corrected chi connectivity index (χ3v) is 2.90. The van der Waals surface area contributed by atoms with Crippen LogP contribution in [0, 0.1) is 0 Å². The Bertz CT molecular complexity index is 662. The van der Waals surface area contributed by atoms with Crippen LogP contribution in [0.15, 0.2) is 18.2 Å². The number of carbonyl (C=O) groups is 3. The Morgan fingerprint density at radius 2 is 1.88 bits per heavy atom. The molecule has 1 aromatic rings. The first-order valence-corrected chi connectivity index (χ1v) is 6.89. The van der Waals surface area contributed by atoms with E-state index in [2.05, 4.69) is 20.1 Å². The zero-order valence-corrected chi connectivity index (χ0v) is 13.2. The van der Waals surface area contributed by atoms with Crippen molar-refractivity contribution in [3.63, 3.8) is 0 Å². The lowest BCUT2D eigenvalue weighted by Crippen LogP contribution is -2.32. The molecule has 8 nitrogen and oxygen atoms in total. The third kappa shape index (κ3) is 5.95. The van der Waals surface area contributed by atoms with Gasteiger partial charge in [0.05, 0.1) is 11.1 Å². The van der Waals surface area contributed by atoms with E-state index in [-0.39, 0.29) is 12.1 Å². The number of primary amides is 1. The number of halogens is 3. The van der Waals surface area contributed by atoms with E-state index in [1.165, 1.54) is 0 Å². The quantitative estimate of drug-likeness (QED) is 0.561. The number of hydrogen-bond donors (Lipinski definition) is 2. The van der Waals surface area contributed by atoms with Gasteiger partial charge in [0.1, 0.15) is 6.04 Å². The van der Waals surface area contributed by atoms with E-state index in [0.717, 1.165) is 19.1 Å². The Hall–Kier alpha value is -2.82. The molecular formula is C14H15F3N2O6. The summed E-state index contributed by atoms with van der Waals surface area (Å²) in [5.74, 6) is -3.01. The van der Waals surface area contributed by atoms with Gasteiger partial charge < -0.3 is 11.1 Å². The Balaban J connectivity index is 2.96. The summed E-state index contributed by atoms with van der Waals surface area (Å²) in [5, 5.41) is 6.47. The van der Waals surface area contributed by atoms with Crippen molar-refractivity contribution in [2.24, 2.45) is 5.73 Å². The van der Waals surface area contributed by atoms with Crippen LogP contribution in [-0.2, 0) is 30.6 Å². The Morgan fingerprint density at radius 1 is 1.24 bits per heavy atom. The molecule has 0 radical (unpaired) electrons. The van der Waals surface area contributed by atoms with Crippen molar-refractivity contribution in [2.75, 3.05) is 5.32 Å². The zero-order valence-electron chi connectivity index (χ0n) is 13.2. The minimum Gasteiger partial charge on any atom is -0.372 e. The Morgan fingerprint density at radius 3 is 2.36 bits per heavy atom. The molecule has 25 heavy (non-hydrogen) atoms. The van der Waals surface area contributed by atoms with Crippen LogP contribution in [0.4, 0.5) is 18.9 Å². The standard InChI is InChI=1S/C14H15F3N2O6/c1-3-10(13(22)24-25-23-7(2)20)19-11-5-4-8(14(15,16)17)6-9(11)12(18)21/h4-6,10,19H,3H2,1-2H3,(H2,18,21). The number of anilines is 1. The van der Waals surface area contributed by atoms with Gasteiger partial charge in [-0.25, -0.2) is 9.59 Å². The van der Waals surface area contributed by atoms with Crippen LogP contribution in [0.2, 0.25) is 0 Å². The van der Waals surface area contributed by atoms with Crippen molar-refractivity contribution in [3.05, 3.63) is 29.3 Å². The van der Waals surface area contributed by atoms with Gasteiger partial charge >= 0.3 is 18.1 Å². The molecular weight excluding hydrogens is 349 g/mol. The summed E-state index contributed by atoms with van der Waals surface area (Å²) >= 11 is 0. The van der Waals surface area contributed by atoms with Crippen molar-refractivity contribution < 1.29 is 42.4 Å². The third-order valence-electron chi connectivity index (χ3n) is 2.90. The first-order chi connectivity index (χ1) is 11.6. The lowest BCUT2D eigenvalue weighted by Gasteiger charge is -2.18. The van der Waals surface area contributed by atoms with E-state index in [1.807, 2.05) is 0 Å². The van der Waals surface area contributed by atoms with E-state index in [1.54, 1.807) is 6.92 Å². The van der Waals surface area contributed by atoms with Gasteiger partial charge in [0, 0.05) is 17.6 Å². The molecule has 0 fully saturated rings. The second-order valence-electron chi connectivity index (χ2n) is 4.77. The highest BCUT2D eigenvalue weighted by atomic mass is 19.4. The molecule has 0 aromatic heterocycles. The highest BCUT2D eigenvalue weighted by Gasteiger charge is 2.32. The fourth-order valence-corrected chi connectivity index (χ4v) is 1.72. The van der Waals surface area contributed by atoms with Crippen molar-refractivity contribution in [1.29, 1.82) is 0 Å². The van der Waals surface area contributed by atoms with Crippen molar-refractivity contribution in [3.8, 4) is 0 Å². The average Bonchev–Trinajstić information content (AvgIpc) is 2.50. The molecule has 0 aliphatic rings. The summed E-state index contributed by atoms with van der Waals surface area (Å²) in [4.78, 5) is 41.8. The van der Waals surface area contributed by atoms with Crippen molar-refractivity contribution in [1.82, 2.24) is 0 Å². The van der Waals surface area contributed by atoms with Crippen LogP contribution >= 0.6 is 0 Å². The van der Waals surface area contributed by atoms with Gasteiger partial charge in [-0.3, -0.25) is 14.6 Å². The van der Waals surface area contributed by atoms with Crippen LogP contribution in [0.25, 0.3) is 0 Å². The maximum Gasteiger partial charge on any atom is 0.416 e. The van der Waals surface area contributed by atoms with Gasteiger partial charge in [-0.2, -0.15) is 13.2 Å². The maximum absolute atomic E-state index is 12.7. The fourth-order valence-electron chi connectivity index (χ4n) is 1.72. The zero-order chi connectivity index (χ0) is 19.2. The smallest absolute Gasteiger partial charge is 0.372 e. The van der Waals surface area contributed by atoms with E-state index in [4.69, 9.17) is 5.73 Å². The molecule has 1 atom stereocenters. The SMILES string of the molecule is CCC(Nc1ccc(C(F)(F)F)cc1C(N)=O)C(=O)OOOC(C)=O. The summed E-state index contributed by atoms with van der Waals surface area (Å²) in [6.07, 6.45) is -4.55. The summed E-state index contributed by atoms with van der Waals surface area (Å²) in [6, 6.07) is 1.15. The first-order valence-electron chi connectivity index (χ1n) is 6.89. The average molecular weight is 364 g/mol. The molecule has 0 aliphatic carbocycles. The molecule has 0 saturated heterocycles. The lowest BCUT2D eigenvalue weighted by atomic mass is 10.1. The number of nitrogens with one attached hydrogen (secondary N) is 1. The number of hydrogen-bond acceptors (Lipinski definition) is 7. The number of benzene rings is 1. The van der Waals surface area contributed by atoms with Gasteiger partial charge in [-0.15, -0.1) is 0 Å². The van der Waals surface area contributed by atoms with Crippen LogP contribution < -0.4 is 11.1 Å². The molecule has 3 N–H and O–H groups in total. The summed E-state index contributed by atoms with van der Waals surface area (Å²) in [5.41, 5.74) is 3.46. The largest absolute Gasteiger partial charge is 0.416 e. The lowest BCUT2D eigenvalue weighted by molar-refractivity contribution is -0.459. The topological polar surface area (TPSA) is 117 Å². The molecule has 0 heterocycles. The second kappa shape index (κ2) is 8.33. The molecule has 0 aliphatic heterocycles. The normalized spacial score (nSPS) is 12.2. The minimum absolute atomic E-state index is 0.100. The van der Waals surface area contributed by atoms with Gasteiger partial charge in [-0.05, 0) is 24.6 Å². The highest BCUT2D eigenvalue weighted by Crippen LogP contribution is 2.32. The molecule has 1 rings (SSSR count). The summed E-state index contributed by atoms with van der Waals surface area (Å²) in [6.45, 7) is 2.56. The molecule has 0 saturated carbocycles. The van der Waals surface area contributed by atoms with Gasteiger partial charge in [-0.1, -0.05) is 6.92 Å². The first kappa shape index (κ1) is 20.2. The minimum atomic E-state index is -4.66. The van der Waals surface area contributed by atoms with E-state index >= 15 is 0 Å². The summed E-state index contributed by atoms with van der Waals surface area (Å²) < 4.78 is 38.2. The molecule has 1 unspecified atom stereocenters. The van der Waals surface area contributed by atoms with E-state index in [0.29, 0.717) is 6.07 Å². The fraction of sp³-hybridized carbons (Fsp3) is 0.357. The van der Waals surface area contributed by atoms with Crippen molar-refractivity contribution in [2.45, 2.75) is 32.5 Å². The highest BCUT2D eigenvalue weighted by molar-refractivity contribution is 5.99. The number of alkyl halides is 3. The molecule has 1 aromatic carbocycles. The Kier molecular flexibility index (Phi) is 6.74. The van der Waals surface area contributed by atoms with Crippen LogP contribution in [0.5, 0.6) is 0 Å². The number of carbonyl (C=O) groups excluding carboxylic acids is 3. The van der Waals surface area contributed by atoms with Gasteiger partial charge in [0.25, 0.3) is 5.91 Å². The van der Waals surface area contributed by atoms with Crippen molar-refractivity contribution >= 4 is 23.5 Å². The van der Waals surface area contributed by atoms with E-state index < -0.39 is 41.2 Å². The molecule has 138 valence electrons. The van der Waals surface area contributed by atoms with Gasteiger partial charge in [0.2, 0.25) is 0 Å². The maximum atomic E-state index is 12.7. The van der Waals surface area contributed by atoms with E-state index in [9.17, 15) is 27.6 Å².